The van der Waals surface area contributed by atoms with Gasteiger partial charge in [0.2, 0.25) is 0 Å². The van der Waals surface area contributed by atoms with Crippen LogP contribution in [0.2, 0.25) is 5.02 Å². The highest BCUT2D eigenvalue weighted by Gasteiger charge is 2.18. The summed E-state index contributed by atoms with van der Waals surface area (Å²) in [4.78, 5) is 18.7. The van der Waals surface area contributed by atoms with E-state index in [9.17, 15) is 14.3 Å². The summed E-state index contributed by atoms with van der Waals surface area (Å²) >= 11 is 6.50. The third kappa shape index (κ3) is 4.34. The number of hydrogen-bond acceptors (Lipinski definition) is 6. The van der Waals surface area contributed by atoms with Crippen LogP contribution < -0.4 is 21.6 Å². The van der Waals surface area contributed by atoms with E-state index in [0.29, 0.717) is 46.3 Å². The Kier molecular flexibility index (Phi) is 6.26. The van der Waals surface area contributed by atoms with Crippen LogP contribution in [-0.4, -0.2) is 38.9 Å². The minimum Gasteiger partial charge on any atom is -0.507 e. The fourth-order valence-corrected chi connectivity index (χ4v) is 4.51. The highest BCUT2D eigenvalue weighted by atomic mass is 35.5. The van der Waals surface area contributed by atoms with E-state index in [-0.39, 0.29) is 17.0 Å². The lowest BCUT2D eigenvalue weighted by molar-refractivity contribution is 0.477. The zero-order valence-electron chi connectivity index (χ0n) is 19.4. The van der Waals surface area contributed by atoms with E-state index >= 15 is 0 Å². The van der Waals surface area contributed by atoms with Crippen LogP contribution in [0.3, 0.4) is 0 Å². The van der Waals surface area contributed by atoms with Crippen molar-refractivity contribution in [3.63, 3.8) is 0 Å². The van der Waals surface area contributed by atoms with Gasteiger partial charge in [-0.15, -0.1) is 0 Å². The molecule has 0 saturated carbocycles. The number of pyridine rings is 1. The fraction of sp³-hybridized carbons (Fsp3) is 0.154. The third-order valence-electron chi connectivity index (χ3n) is 6.13. The Bertz CT molecular complexity index is 1540. The van der Waals surface area contributed by atoms with Crippen molar-refractivity contribution >= 4 is 17.4 Å². The maximum absolute atomic E-state index is 14.8. The molecule has 0 atom stereocenters. The minimum atomic E-state index is -0.511. The lowest BCUT2D eigenvalue weighted by Crippen LogP contribution is -2.37. The first-order valence-electron chi connectivity index (χ1n) is 11.3. The topological polar surface area (TPSA) is 101 Å². The van der Waals surface area contributed by atoms with Gasteiger partial charge < -0.3 is 25.6 Å². The maximum Gasteiger partial charge on any atom is 0.332 e. The number of rotatable bonds is 5. The van der Waals surface area contributed by atoms with E-state index in [1.165, 1.54) is 21.3 Å². The molecule has 2 aromatic carbocycles. The Labute approximate surface area is 211 Å². The van der Waals surface area contributed by atoms with Crippen molar-refractivity contribution in [2.75, 3.05) is 24.5 Å². The van der Waals surface area contributed by atoms with Gasteiger partial charge in [-0.1, -0.05) is 17.7 Å². The highest BCUT2D eigenvalue weighted by molar-refractivity contribution is 6.32. The summed E-state index contributed by atoms with van der Waals surface area (Å²) in [6.07, 6.45) is 6.77. The van der Waals surface area contributed by atoms with Gasteiger partial charge in [0.15, 0.2) is 0 Å². The number of aryl methyl sites for hydroxylation is 1. The maximum atomic E-state index is 14.8. The van der Waals surface area contributed by atoms with Crippen LogP contribution in [-0.2, 0) is 7.05 Å². The van der Waals surface area contributed by atoms with Gasteiger partial charge in [0.1, 0.15) is 17.4 Å². The molecule has 4 N–H and O–H groups in total. The molecule has 36 heavy (non-hydrogen) atoms. The number of nitrogens with two attached hydrogens (primary N) is 1. The molecular formula is C26H24ClFN6O2. The lowest BCUT2D eigenvalue weighted by atomic mass is 9.97. The SMILES string of the molecule is Cn1ccn(-c2ccc(-c3cc(F)cc(-c4ccnc(N5C=C(CN)NCC5)c4)c3O)cc2Cl)c1=O. The van der Waals surface area contributed by atoms with Gasteiger partial charge in [-0.3, -0.25) is 4.57 Å². The quantitative estimate of drug-likeness (QED) is 0.382. The molecular weight excluding hydrogens is 483 g/mol. The van der Waals surface area contributed by atoms with Crippen LogP contribution in [0.5, 0.6) is 5.75 Å². The number of nitrogens with one attached hydrogen (secondary N) is 1. The lowest BCUT2D eigenvalue weighted by Gasteiger charge is -2.27. The van der Waals surface area contributed by atoms with E-state index in [1.54, 1.807) is 56.0 Å². The molecule has 0 spiro atoms. The average molecular weight is 507 g/mol. The molecule has 0 fully saturated rings. The normalized spacial score (nSPS) is 13.4. The van der Waals surface area contributed by atoms with Gasteiger partial charge in [0.25, 0.3) is 0 Å². The van der Waals surface area contributed by atoms with Gasteiger partial charge >= 0.3 is 5.69 Å². The van der Waals surface area contributed by atoms with Gasteiger partial charge in [0.05, 0.1) is 10.7 Å². The molecule has 8 nitrogen and oxygen atoms in total. The number of imidazole rings is 1. The molecule has 1 aliphatic heterocycles. The van der Waals surface area contributed by atoms with Crippen molar-refractivity contribution in [1.82, 2.24) is 19.4 Å². The molecule has 0 aliphatic carbocycles. The van der Waals surface area contributed by atoms with Gasteiger partial charge in [-0.25, -0.2) is 14.2 Å². The zero-order valence-corrected chi connectivity index (χ0v) is 20.2. The second-order valence-corrected chi connectivity index (χ2v) is 8.87. The largest absolute Gasteiger partial charge is 0.507 e. The summed E-state index contributed by atoms with van der Waals surface area (Å²) in [7, 11) is 1.65. The number of aromatic nitrogens is 3. The highest BCUT2D eigenvalue weighted by Crippen LogP contribution is 2.40. The van der Waals surface area contributed by atoms with Crippen LogP contribution in [0.1, 0.15) is 0 Å². The van der Waals surface area contributed by atoms with E-state index in [1.807, 2.05) is 11.1 Å². The van der Waals surface area contributed by atoms with Gasteiger partial charge in [0, 0.05) is 68.3 Å². The molecule has 0 amide bonds. The molecule has 184 valence electrons. The van der Waals surface area contributed by atoms with Gasteiger partial charge in [-0.05, 0) is 47.5 Å². The fourth-order valence-electron chi connectivity index (χ4n) is 4.24. The van der Waals surface area contributed by atoms with E-state index in [4.69, 9.17) is 17.3 Å². The summed E-state index contributed by atoms with van der Waals surface area (Å²) in [6.45, 7) is 1.79. The zero-order chi connectivity index (χ0) is 25.4. The second-order valence-electron chi connectivity index (χ2n) is 8.46. The first-order valence-corrected chi connectivity index (χ1v) is 11.7. The first kappa shape index (κ1) is 23.7. The van der Waals surface area contributed by atoms with E-state index < -0.39 is 5.82 Å². The van der Waals surface area contributed by atoms with Crippen molar-refractivity contribution in [2.24, 2.45) is 12.8 Å². The monoisotopic (exact) mass is 506 g/mol. The number of hydrogen-bond donors (Lipinski definition) is 3. The van der Waals surface area contributed by atoms with Crippen molar-refractivity contribution in [3.8, 4) is 33.7 Å². The molecule has 0 unspecified atom stereocenters. The van der Waals surface area contributed by atoms with Crippen LogP contribution in [0.4, 0.5) is 10.2 Å². The Balaban J connectivity index is 1.55. The predicted molar refractivity (Wildman–Crippen MR) is 139 cm³/mol. The number of anilines is 1. The summed E-state index contributed by atoms with van der Waals surface area (Å²) in [5, 5.41) is 14.7. The number of halogens is 2. The average Bonchev–Trinajstić information content (AvgIpc) is 3.23. The van der Waals surface area contributed by atoms with Crippen LogP contribution in [0.15, 0.2) is 77.7 Å². The Morgan fingerprint density at radius 2 is 1.89 bits per heavy atom. The number of phenolic OH excluding ortho intramolecular Hbond substituents is 1. The number of aromatic hydroxyl groups is 1. The molecule has 1 aliphatic rings. The Morgan fingerprint density at radius 1 is 1.14 bits per heavy atom. The number of nitrogens with zero attached hydrogens (tertiary/aromatic N) is 4. The van der Waals surface area contributed by atoms with Crippen molar-refractivity contribution in [3.05, 3.63) is 94.3 Å². The molecule has 5 rings (SSSR count). The molecule has 0 bridgehead atoms. The smallest absolute Gasteiger partial charge is 0.332 e. The van der Waals surface area contributed by atoms with Crippen LogP contribution in [0, 0.1) is 5.82 Å². The number of phenols is 1. The first-order chi connectivity index (χ1) is 17.4. The molecule has 4 aromatic rings. The second kappa shape index (κ2) is 9.52. The standard InChI is InChI=1S/C26H24ClFN6O2/c1-32-8-9-34(26(32)36)23-3-2-16(10-22(23)27)20-12-18(28)13-21(25(20)35)17-4-5-31-24(11-17)33-7-6-30-19(14-29)15-33/h2-5,8-13,15,30,35H,6-7,14,29H2,1H3. The van der Waals surface area contributed by atoms with Crippen LogP contribution in [0.25, 0.3) is 27.9 Å². The van der Waals surface area contributed by atoms with Gasteiger partial charge in [-0.2, -0.15) is 0 Å². The summed E-state index contributed by atoms with van der Waals surface area (Å²) in [5.41, 5.74) is 8.62. The molecule has 10 heteroatoms. The third-order valence-corrected chi connectivity index (χ3v) is 6.43. The molecule has 3 heterocycles. The Morgan fingerprint density at radius 3 is 2.56 bits per heavy atom. The summed E-state index contributed by atoms with van der Waals surface area (Å²) in [5.74, 6) is 0.0572. The molecule has 0 radical (unpaired) electrons. The molecule has 2 aromatic heterocycles. The number of benzene rings is 2. The van der Waals surface area contributed by atoms with E-state index in [2.05, 4.69) is 10.3 Å². The van der Waals surface area contributed by atoms with Crippen molar-refractivity contribution in [2.45, 2.75) is 0 Å². The minimum absolute atomic E-state index is 0.0901. The van der Waals surface area contributed by atoms with E-state index in [0.717, 1.165) is 12.2 Å². The molecule has 0 saturated heterocycles. The predicted octanol–water partition coefficient (Wildman–Crippen LogP) is 3.61. The summed E-state index contributed by atoms with van der Waals surface area (Å²) < 4.78 is 17.6. The van der Waals surface area contributed by atoms with Crippen molar-refractivity contribution < 1.29 is 9.50 Å². The summed E-state index contributed by atoms with van der Waals surface area (Å²) in [6, 6.07) is 11.0. The Hall–Kier alpha value is -4.08. The van der Waals surface area contributed by atoms with Crippen molar-refractivity contribution in [1.29, 1.82) is 0 Å². The van der Waals surface area contributed by atoms with Crippen LogP contribution >= 0.6 is 11.6 Å².